The lowest BCUT2D eigenvalue weighted by molar-refractivity contribution is -0.142. The predicted octanol–water partition coefficient (Wildman–Crippen LogP) is 3.86. The number of carbonyl (C=O) groups excluding carboxylic acids is 3. The Bertz CT molecular complexity index is 1090. The molecule has 1 atom stereocenters. The van der Waals surface area contributed by atoms with Crippen LogP contribution in [-0.4, -0.2) is 77.4 Å². The van der Waals surface area contributed by atoms with E-state index in [1.54, 1.807) is 4.90 Å². The Balaban J connectivity index is 1.33. The zero-order chi connectivity index (χ0) is 25.8. The number of hydrogen-bond donors (Lipinski definition) is 0. The third-order valence-electron chi connectivity index (χ3n) is 8.43. The van der Waals surface area contributed by atoms with E-state index in [-0.39, 0.29) is 30.2 Å². The van der Waals surface area contributed by atoms with E-state index >= 15 is 0 Å². The second-order valence-electron chi connectivity index (χ2n) is 10.6. The molecule has 0 N–H and O–H groups in total. The van der Waals surface area contributed by atoms with E-state index in [4.69, 9.17) is 0 Å². The van der Waals surface area contributed by atoms with Gasteiger partial charge >= 0.3 is 0 Å². The van der Waals surface area contributed by atoms with E-state index in [0.29, 0.717) is 32.6 Å². The quantitative estimate of drug-likeness (QED) is 0.602. The molecule has 3 fully saturated rings. The van der Waals surface area contributed by atoms with Gasteiger partial charge in [-0.25, -0.2) is 0 Å². The summed E-state index contributed by atoms with van der Waals surface area (Å²) in [5.74, 6) is 0.0269. The molecule has 7 nitrogen and oxygen atoms in total. The van der Waals surface area contributed by atoms with Gasteiger partial charge in [-0.15, -0.1) is 0 Å². The normalized spacial score (nSPS) is 20.4. The highest BCUT2D eigenvalue weighted by Crippen LogP contribution is 2.40. The molecule has 3 amide bonds. The molecule has 2 aromatic carbocycles. The molecule has 0 aromatic heterocycles. The first kappa shape index (κ1) is 25.3. The minimum Gasteiger partial charge on any atom is -0.342 e. The van der Waals surface area contributed by atoms with Gasteiger partial charge in [-0.3, -0.25) is 14.4 Å². The lowest BCUT2D eigenvalue weighted by atomic mass is 9.84. The Morgan fingerprint density at radius 3 is 2.08 bits per heavy atom. The third-order valence-corrected chi connectivity index (χ3v) is 8.43. The smallest absolute Gasteiger partial charge is 0.250 e. The van der Waals surface area contributed by atoms with Crippen molar-refractivity contribution in [2.24, 2.45) is 0 Å². The number of amides is 3. The molecule has 0 bridgehead atoms. The van der Waals surface area contributed by atoms with Crippen molar-refractivity contribution in [2.75, 3.05) is 44.3 Å². The number of likely N-dealkylation sites (tertiary alicyclic amines) is 2. The van der Waals surface area contributed by atoms with Crippen LogP contribution in [0.1, 0.15) is 56.9 Å². The van der Waals surface area contributed by atoms with E-state index < -0.39 is 5.54 Å². The molecule has 0 saturated carbocycles. The summed E-state index contributed by atoms with van der Waals surface area (Å²) in [6.45, 7) is 5.21. The summed E-state index contributed by atoms with van der Waals surface area (Å²) in [6.07, 6.45) is 5.09. The van der Waals surface area contributed by atoms with Crippen LogP contribution in [0, 0.1) is 0 Å². The Hall–Kier alpha value is -3.35. The van der Waals surface area contributed by atoms with Crippen molar-refractivity contribution in [3.8, 4) is 0 Å². The van der Waals surface area contributed by atoms with Gasteiger partial charge in [0.2, 0.25) is 11.8 Å². The second-order valence-corrected chi connectivity index (χ2v) is 10.6. The summed E-state index contributed by atoms with van der Waals surface area (Å²) < 4.78 is 0. The second kappa shape index (κ2) is 11.0. The number of carbonyl (C=O) groups is 3. The average Bonchev–Trinajstić information content (AvgIpc) is 3.21. The SMILES string of the molecule is CC[C@@H](C(=O)N1CCC2(CC1)C(=O)N(CC(=O)N1CCCCC1)CN2c1ccccc1)c1ccccc1. The number of nitrogens with zero attached hydrogens (tertiary/aromatic N) is 4. The van der Waals surface area contributed by atoms with Crippen LogP contribution in [0.4, 0.5) is 5.69 Å². The molecule has 0 unspecified atom stereocenters. The summed E-state index contributed by atoms with van der Waals surface area (Å²) in [6, 6.07) is 20.0. The zero-order valence-electron chi connectivity index (χ0n) is 21.8. The molecule has 196 valence electrons. The van der Waals surface area contributed by atoms with Gasteiger partial charge in [0.25, 0.3) is 5.91 Å². The van der Waals surface area contributed by atoms with Gasteiger partial charge in [0, 0.05) is 31.9 Å². The molecule has 37 heavy (non-hydrogen) atoms. The van der Waals surface area contributed by atoms with Crippen molar-refractivity contribution in [1.29, 1.82) is 0 Å². The monoisotopic (exact) mass is 502 g/mol. The Morgan fingerprint density at radius 1 is 0.838 bits per heavy atom. The molecule has 0 radical (unpaired) electrons. The average molecular weight is 503 g/mol. The van der Waals surface area contributed by atoms with Crippen molar-refractivity contribution < 1.29 is 14.4 Å². The molecule has 3 heterocycles. The van der Waals surface area contributed by atoms with E-state index in [0.717, 1.165) is 50.0 Å². The third kappa shape index (κ3) is 4.96. The first-order chi connectivity index (χ1) is 18.0. The van der Waals surface area contributed by atoms with Gasteiger partial charge in [-0.1, -0.05) is 55.5 Å². The molecule has 3 saturated heterocycles. The Morgan fingerprint density at radius 2 is 1.46 bits per heavy atom. The predicted molar refractivity (Wildman–Crippen MR) is 144 cm³/mol. The van der Waals surface area contributed by atoms with Crippen LogP contribution in [0.3, 0.4) is 0 Å². The Kier molecular flexibility index (Phi) is 7.49. The van der Waals surface area contributed by atoms with Gasteiger partial charge in [0.15, 0.2) is 0 Å². The maximum absolute atomic E-state index is 14.0. The van der Waals surface area contributed by atoms with Gasteiger partial charge in [0.05, 0.1) is 12.6 Å². The maximum atomic E-state index is 14.0. The summed E-state index contributed by atoms with van der Waals surface area (Å²) in [5.41, 5.74) is 1.30. The number of piperidine rings is 2. The fourth-order valence-electron chi connectivity index (χ4n) is 6.28. The van der Waals surface area contributed by atoms with E-state index in [9.17, 15) is 14.4 Å². The van der Waals surface area contributed by atoms with Gasteiger partial charge in [-0.2, -0.15) is 0 Å². The lowest BCUT2D eigenvalue weighted by Gasteiger charge is -2.44. The first-order valence-corrected chi connectivity index (χ1v) is 13.8. The highest BCUT2D eigenvalue weighted by Gasteiger charge is 2.54. The van der Waals surface area contributed by atoms with Crippen molar-refractivity contribution in [3.63, 3.8) is 0 Å². The topological polar surface area (TPSA) is 64.2 Å². The molecule has 3 aliphatic heterocycles. The summed E-state index contributed by atoms with van der Waals surface area (Å²) >= 11 is 0. The number of benzene rings is 2. The molecular formula is C30H38N4O3. The minimum atomic E-state index is -0.727. The highest BCUT2D eigenvalue weighted by molar-refractivity contribution is 5.96. The first-order valence-electron chi connectivity index (χ1n) is 13.8. The van der Waals surface area contributed by atoms with Crippen LogP contribution in [0.2, 0.25) is 0 Å². The van der Waals surface area contributed by atoms with Crippen molar-refractivity contribution in [3.05, 3.63) is 66.2 Å². The van der Waals surface area contributed by atoms with Crippen molar-refractivity contribution in [1.82, 2.24) is 14.7 Å². The van der Waals surface area contributed by atoms with E-state index in [1.807, 2.05) is 70.5 Å². The maximum Gasteiger partial charge on any atom is 0.250 e. The molecule has 0 aliphatic carbocycles. The zero-order valence-corrected chi connectivity index (χ0v) is 21.8. The summed E-state index contributed by atoms with van der Waals surface area (Å²) in [7, 11) is 0. The number of hydrogen-bond acceptors (Lipinski definition) is 4. The fraction of sp³-hybridized carbons (Fsp3) is 0.500. The Labute approximate surface area is 220 Å². The highest BCUT2D eigenvalue weighted by atomic mass is 16.2. The lowest BCUT2D eigenvalue weighted by Crippen LogP contribution is -2.58. The molecule has 7 heteroatoms. The largest absolute Gasteiger partial charge is 0.342 e. The van der Waals surface area contributed by atoms with Gasteiger partial charge in [0.1, 0.15) is 12.1 Å². The summed E-state index contributed by atoms with van der Waals surface area (Å²) in [5, 5.41) is 0. The van der Waals surface area contributed by atoms with Crippen molar-refractivity contribution in [2.45, 2.75) is 56.9 Å². The van der Waals surface area contributed by atoms with Crippen molar-refractivity contribution >= 4 is 23.4 Å². The molecular weight excluding hydrogens is 464 g/mol. The fourth-order valence-corrected chi connectivity index (χ4v) is 6.28. The number of anilines is 1. The van der Waals surface area contributed by atoms with Crippen LogP contribution in [-0.2, 0) is 14.4 Å². The molecule has 2 aromatic rings. The molecule has 3 aliphatic rings. The van der Waals surface area contributed by atoms with E-state index in [2.05, 4.69) is 11.8 Å². The standard InChI is InChI=1S/C30H38N4O3/c1-2-26(24-12-6-3-7-13-24)28(36)32-20-16-30(17-21-32)29(37)33(22-27(35)31-18-10-5-11-19-31)23-34(30)25-14-8-4-9-15-25/h3-4,6-9,12-15,26H,2,5,10-11,16-23H2,1H3/t26-/m1/s1. The number of para-hydroxylation sites is 1. The van der Waals surface area contributed by atoms with Gasteiger partial charge in [-0.05, 0) is 56.2 Å². The van der Waals surface area contributed by atoms with Crippen LogP contribution in [0.5, 0.6) is 0 Å². The van der Waals surface area contributed by atoms with Crippen LogP contribution >= 0.6 is 0 Å². The van der Waals surface area contributed by atoms with Crippen LogP contribution in [0.15, 0.2) is 60.7 Å². The van der Waals surface area contributed by atoms with Gasteiger partial charge < -0.3 is 19.6 Å². The molecule has 5 rings (SSSR count). The number of rotatable bonds is 6. The summed E-state index contributed by atoms with van der Waals surface area (Å²) in [4.78, 5) is 48.3. The van der Waals surface area contributed by atoms with Crippen LogP contribution in [0.25, 0.3) is 0 Å². The van der Waals surface area contributed by atoms with Crippen LogP contribution < -0.4 is 4.90 Å². The van der Waals surface area contributed by atoms with E-state index in [1.165, 1.54) is 0 Å². The molecule has 1 spiro atoms. The minimum absolute atomic E-state index is 0.0175.